The van der Waals surface area contributed by atoms with E-state index in [1.165, 1.54) is 0 Å². The number of nitrogens with zero attached hydrogens (tertiary/aromatic N) is 8. The maximum atomic E-state index is 9.45. The van der Waals surface area contributed by atoms with E-state index in [1.54, 1.807) is 11.6 Å². The summed E-state index contributed by atoms with van der Waals surface area (Å²) in [4.78, 5) is 11.6. The van der Waals surface area contributed by atoms with Crippen molar-refractivity contribution in [3.8, 4) is 0 Å². The Morgan fingerprint density at radius 3 is 2.96 bits per heavy atom. The van der Waals surface area contributed by atoms with E-state index in [1.807, 2.05) is 25.2 Å². The molecule has 0 radical (unpaired) electrons. The maximum absolute atomic E-state index is 9.45. The van der Waals surface area contributed by atoms with E-state index in [0.29, 0.717) is 26.1 Å². The SMILES string of the molecule is CCC1=NC(N2CC(OC(C)O)CN2)=CC2C=CN(Cc3nnnn3C)C2=N1. The number of aliphatic hydroxyl groups excluding tert-OH is 1. The number of aromatic nitrogens is 4. The number of aliphatic imine (C=N–C) groups is 2. The fourth-order valence-electron chi connectivity index (χ4n) is 3.37. The van der Waals surface area contributed by atoms with E-state index >= 15 is 0 Å². The van der Waals surface area contributed by atoms with E-state index in [4.69, 9.17) is 14.7 Å². The van der Waals surface area contributed by atoms with Gasteiger partial charge in [0.2, 0.25) is 0 Å². The second kappa shape index (κ2) is 7.78. The van der Waals surface area contributed by atoms with Crippen LogP contribution in [-0.2, 0) is 18.3 Å². The van der Waals surface area contributed by atoms with Crippen molar-refractivity contribution in [3.63, 3.8) is 0 Å². The van der Waals surface area contributed by atoms with Crippen LogP contribution in [0.2, 0.25) is 0 Å². The fraction of sp³-hybridized carbons (Fsp3) is 0.588. The smallest absolute Gasteiger partial charge is 0.170 e. The Bertz CT molecular complexity index is 841. The van der Waals surface area contributed by atoms with Crippen LogP contribution in [0, 0.1) is 5.92 Å². The van der Waals surface area contributed by atoms with Crippen LogP contribution in [0.4, 0.5) is 0 Å². The van der Waals surface area contributed by atoms with Crippen molar-refractivity contribution in [1.29, 1.82) is 0 Å². The number of rotatable bonds is 6. The zero-order valence-electron chi connectivity index (χ0n) is 16.2. The third-order valence-electron chi connectivity index (χ3n) is 4.78. The molecule has 3 aliphatic heterocycles. The molecule has 2 N–H and O–H groups in total. The molecule has 0 bridgehead atoms. The van der Waals surface area contributed by atoms with Crippen LogP contribution in [-0.4, -0.2) is 72.4 Å². The second-order valence-corrected chi connectivity index (χ2v) is 6.92. The molecule has 0 spiro atoms. The van der Waals surface area contributed by atoms with Gasteiger partial charge >= 0.3 is 0 Å². The van der Waals surface area contributed by atoms with E-state index in [2.05, 4.69) is 38.0 Å². The van der Waals surface area contributed by atoms with Crippen molar-refractivity contribution in [2.24, 2.45) is 23.0 Å². The molecule has 1 aromatic rings. The molecule has 1 saturated heterocycles. The van der Waals surface area contributed by atoms with Crippen molar-refractivity contribution in [2.75, 3.05) is 13.1 Å². The van der Waals surface area contributed by atoms with Gasteiger partial charge in [-0.3, -0.25) is 5.01 Å². The summed E-state index contributed by atoms with van der Waals surface area (Å²) in [7, 11) is 1.82. The molecule has 3 aliphatic rings. The zero-order valence-corrected chi connectivity index (χ0v) is 16.2. The van der Waals surface area contributed by atoms with Gasteiger partial charge in [0.15, 0.2) is 12.1 Å². The number of aliphatic hydroxyl groups is 1. The lowest BCUT2D eigenvalue weighted by Gasteiger charge is -2.20. The van der Waals surface area contributed by atoms with E-state index in [-0.39, 0.29) is 12.0 Å². The topological polar surface area (TPSA) is 116 Å². The number of fused-ring (bicyclic) bond motifs is 1. The van der Waals surface area contributed by atoms with Gasteiger partial charge in [0.05, 0.1) is 25.1 Å². The second-order valence-electron chi connectivity index (χ2n) is 6.92. The summed E-state index contributed by atoms with van der Waals surface area (Å²) >= 11 is 0. The molecule has 1 aromatic heterocycles. The van der Waals surface area contributed by atoms with E-state index in [0.717, 1.165) is 23.3 Å². The zero-order chi connectivity index (χ0) is 19.7. The van der Waals surface area contributed by atoms with Crippen LogP contribution < -0.4 is 5.43 Å². The lowest BCUT2D eigenvalue weighted by Crippen LogP contribution is -2.30. The number of hydrazine groups is 1. The minimum Gasteiger partial charge on any atom is -0.368 e. The maximum Gasteiger partial charge on any atom is 0.170 e. The van der Waals surface area contributed by atoms with Crippen molar-refractivity contribution < 1.29 is 9.84 Å². The third kappa shape index (κ3) is 3.81. The highest BCUT2D eigenvalue weighted by atomic mass is 16.6. The molecule has 0 amide bonds. The summed E-state index contributed by atoms with van der Waals surface area (Å²) < 4.78 is 7.15. The molecule has 28 heavy (non-hydrogen) atoms. The van der Waals surface area contributed by atoms with Gasteiger partial charge < -0.3 is 14.7 Å². The first-order valence-electron chi connectivity index (χ1n) is 9.42. The number of aryl methyl sites for hydroxylation is 1. The number of tetrazole rings is 1. The van der Waals surface area contributed by atoms with Crippen LogP contribution in [0.1, 0.15) is 26.1 Å². The summed E-state index contributed by atoms with van der Waals surface area (Å²) in [6, 6.07) is 0. The molecule has 4 rings (SSSR count). The number of nitrogens with one attached hydrogen (secondary N) is 1. The standard InChI is InChI=1S/C17H25N9O2/c1-4-14-19-15(26-9-13(8-18-26)28-11(2)27)7-12-5-6-25(17(12)20-14)10-16-21-22-23-24(16)3/h5-7,11-13,18,27H,4,8-10H2,1-3H3. The molecule has 0 aromatic carbocycles. The molecule has 11 heteroatoms. The molecule has 0 saturated carbocycles. The van der Waals surface area contributed by atoms with Gasteiger partial charge in [-0.05, 0) is 23.4 Å². The Morgan fingerprint density at radius 2 is 2.25 bits per heavy atom. The Balaban J connectivity index is 1.53. The van der Waals surface area contributed by atoms with Gasteiger partial charge in [-0.25, -0.2) is 20.1 Å². The summed E-state index contributed by atoms with van der Waals surface area (Å²) in [6.45, 7) is 5.43. The molecule has 4 heterocycles. The van der Waals surface area contributed by atoms with Crippen LogP contribution in [0.15, 0.2) is 34.2 Å². The van der Waals surface area contributed by atoms with Crippen molar-refractivity contribution in [2.45, 2.75) is 39.2 Å². The first-order chi connectivity index (χ1) is 13.5. The van der Waals surface area contributed by atoms with Gasteiger partial charge in [-0.15, -0.1) is 5.10 Å². The Labute approximate surface area is 163 Å². The highest BCUT2D eigenvalue weighted by Crippen LogP contribution is 2.26. The average molecular weight is 387 g/mol. The summed E-state index contributed by atoms with van der Waals surface area (Å²) in [5.41, 5.74) is 3.29. The minimum absolute atomic E-state index is 0.0162. The Morgan fingerprint density at radius 1 is 1.39 bits per heavy atom. The lowest BCUT2D eigenvalue weighted by atomic mass is 10.1. The molecule has 1 fully saturated rings. The quantitative estimate of drug-likeness (QED) is 0.643. The van der Waals surface area contributed by atoms with E-state index in [9.17, 15) is 5.11 Å². The van der Waals surface area contributed by atoms with Crippen LogP contribution in [0.25, 0.3) is 0 Å². The van der Waals surface area contributed by atoms with Gasteiger partial charge in [0, 0.05) is 26.2 Å². The first kappa shape index (κ1) is 18.7. The van der Waals surface area contributed by atoms with Crippen molar-refractivity contribution in [1.82, 2.24) is 35.5 Å². The summed E-state index contributed by atoms with van der Waals surface area (Å²) in [5, 5.41) is 23.1. The monoisotopic (exact) mass is 387 g/mol. The number of hydrogen-bond acceptors (Lipinski definition) is 10. The molecule has 3 unspecified atom stereocenters. The summed E-state index contributed by atoms with van der Waals surface area (Å²) in [5.74, 6) is 3.26. The Hall–Kier alpha value is -2.63. The van der Waals surface area contributed by atoms with Crippen LogP contribution in [0.5, 0.6) is 0 Å². The lowest BCUT2D eigenvalue weighted by molar-refractivity contribution is -0.115. The van der Waals surface area contributed by atoms with Crippen molar-refractivity contribution in [3.05, 3.63) is 30.0 Å². The predicted molar refractivity (Wildman–Crippen MR) is 101 cm³/mol. The highest BCUT2D eigenvalue weighted by Gasteiger charge is 2.31. The van der Waals surface area contributed by atoms with Crippen LogP contribution >= 0.6 is 0 Å². The van der Waals surface area contributed by atoms with Gasteiger partial charge in [-0.2, -0.15) is 0 Å². The average Bonchev–Trinajstić information content (AvgIpc) is 3.34. The Kier molecular flexibility index (Phi) is 5.20. The van der Waals surface area contributed by atoms with Gasteiger partial charge in [-0.1, -0.05) is 13.0 Å². The minimum atomic E-state index is -0.791. The highest BCUT2D eigenvalue weighted by molar-refractivity contribution is 6.02. The van der Waals surface area contributed by atoms with Crippen molar-refractivity contribution >= 4 is 11.7 Å². The molecular formula is C17H25N9O2. The summed E-state index contributed by atoms with van der Waals surface area (Å²) in [6.07, 6.45) is 6.03. The largest absolute Gasteiger partial charge is 0.368 e. The van der Waals surface area contributed by atoms with Gasteiger partial charge in [0.25, 0.3) is 0 Å². The van der Waals surface area contributed by atoms with Crippen LogP contribution in [0.3, 0.4) is 0 Å². The fourth-order valence-corrected chi connectivity index (χ4v) is 3.37. The third-order valence-corrected chi connectivity index (χ3v) is 4.78. The normalized spacial score (nSPS) is 25.4. The molecule has 150 valence electrons. The number of ether oxygens (including phenoxy) is 1. The number of amidine groups is 2. The first-order valence-corrected chi connectivity index (χ1v) is 9.42. The molecule has 0 aliphatic carbocycles. The predicted octanol–water partition coefficient (Wildman–Crippen LogP) is -0.239. The molecule has 3 atom stereocenters. The molecular weight excluding hydrogens is 362 g/mol. The number of hydrogen-bond donors (Lipinski definition) is 2. The van der Waals surface area contributed by atoms with Gasteiger partial charge in [0.1, 0.15) is 17.5 Å². The molecule has 11 nitrogen and oxygen atoms in total. The van der Waals surface area contributed by atoms with E-state index < -0.39 is 6.29 Å².